The van der Waals surface area contributed by atoms with E-state index in [1.807, 2.05) is 0 Å². The lowest BCUT2D eigenvalue weighted by atomic mass is 9.49. The van der Waals surface area contributed by atoms with E-state index in [9.17, 15) is 9.59 Å². The van der Waals surface area contributed by atoms with Gasteiger partial charge in [-0.1, -0.05) is 14.3 Å². The first kappa shape index (κ1) is 17.7. The number of carbonyl (C=O) groups is 2. The summed E-state index contributed by atoms with van der Waals surface area (Å²) in [6.45, 7) is 0. The van der Waals surface area contributed by atoms with Gasteiger partial charge in [0, 0.05) is 11.8 Å². The Bertz CT molecular complexity index is 763. The molecule has 4 nitrogen and oxygen atoms in total. The molecule has 4 fully saturated rings. The summed E-state index contributed by atoms with van der Waals surface area (Å²) in [5.74, 6) is 4.04. The highest BCUT2D eigenvalue weighted by Crippen LogP contribution is 2.62. The second kappa shape index (κ2) is 6.04. The molecule has 6 rings (SSSR count). The molecule has 5 aliphatic carbocycles. The lowest BCUT2D eigenvalue weighted by Gasteiger charge is -2.57. The number of fused-ring (bicyclic) bond motifs is 1. The molecule has 1 heterocycles. The maximum atomic E-state index is 12.5. The van der Waals surface area contributed by atoms with Crippen LogP contribution in [0.25, 0.3) is 0 Å². The maximum Gasteiger partial charge on any atom is 0.323 e. The molecule has 0 radical (unpaired) electrons. The van der Waals surface area contributed by atoms with Gasteiger partial charge in [0.15, 0.2) is 5.41 Å². The Labute approximate surface area is 162 Å². The van der Waals surface area contributed by atoms with Crippen LogP contribution in [-0.2, 0) is 37.3 Å². The third-order valence-corrected chi connectivity index (χ3v) is 9.12. The largest absolute Gasteiger partial charge is 0.468 e. The molecule has 5 heteroatoms. The Morgan fingerprint density at radius 3 is 1.96 bits per heavy atom. The van der Waals surface area contributed by atoms with Gasteiger partial charge in [-0.05, 0) is 84.9 Å². The van der Waals surface area contributed by atoms with E-state index in [2.05, 4.69) is 11.9 Å². The van der Waals surface area contributed by atoms with Gasteiger partial charge in [-0.3, -0.25) is 9.59 Å². The molecule has 0 aromatic carbocycles. The fraction of sp³-hybridized carbons (Fsp3) is 0.682. The summed E-state index contributed by atoms with van der Waals surface area (Å²) < 4.78 is 9.98. The molecule has 0 amide bonds. The molecule has 4 bridgehead atoms. The summed E-state index contributed by atoms with van der Waals surface area (Å²) in [7, 11) is 3.96. The van der Waals surface area contributed by atoms with Crippen molar-refractivity contribution in [2.24, 2.45) is 23.2 Å². The second-order valence-electron chi connectivity index (χ2n) is 9.45. The normalized spacial score (nSPS) is 35.3. The van der Waals surface area contributed by atoms with E-state index in [4.69, 9.17) is 9.47 Å². The van der Waals surface area contributed by atoms with E-state index >= 15 is 0 Å². The number of hydrogen-bond donors (Lipinski definition) is 0. The zero-order valence-corrected chi connectivity index (χ0v) is 17.0. The SMILES string of the molecule is COC(=O)C1(C(=O)OC)Cc2cpc(C34CC5CC(CC(C5)C3)C4)cc2C1. The predicted octanol–water partition coefficient (Wildman–Crippen LogP) is 4.17. The molecule has 0 atom stereocenters. The van der Waals surface area contributed by atoms with Crippen LogP contribution in [0.1, 0.15) is 54.9 Å². The Balaban J connectivity index is 1.50. The van der Waals surface area contributed by atoms with Gasteiger partial charge in [0.25, 0.3) is 0 Å². The van der Waals surface area contributed by atoms with Gasteiger partial charge in [0.05, 0.1) is 14.2 Å². The van der Waals surface area contributed by atoms with E-state index in [0.29, 0.717) is 18.3 Å². The van der Waals surface area contributed by atoms with Gasteiger partial charge < -0.3 is 9.47 Å². The molecule has 1 aromatic rings. The Morgan fingerprint density at radius 2 is 1.44 bits per heavy atom. The van der Waals surface area contributed by atoms with Gasteiger partial charge in [0.1, 0.15) is 0 Å². The fourth-order valence-corrected chi connectivity index (χ4v) is 8.37. The topological polar surface area (TPSA) is 52.6 Å². The Hall–Kier alpha value is -1.41. The Kier molecular flexibility index (Phi) is 3.95. The molecular formula is C22H27O4P. The predicted molar refractivity (Wildman–Crippen MR) is 103 cm³/mol. The maximum absolute atomic E-state index is 12.5. The molecule has 5 aliphatic rings. The van der Waals surface area contributed by atoms with E-state index in [1.165, 1.54) is 66.2 Å². The van der Waals surface area contributed by atoms with Crippen LogP contribution in [0.5, 0.6) is 0 Å². The molecule has 0 N–H and O–H groups in total. The van der Waals surface area contributed by atoms with E-state index in [-0.39, 0.29) is 0 Å². The molecule has 1 aromatic heterocycles. The average molecular weight is 386 g/mol. The van der Waals surface area contributed by atoms with Crippen molar-refractivity contribution in [2.45, 2.75) is 56.8 Å². The summed E-state index contributed by atoms with van der Waals surface area (Å²) in [6, 6.07) is 2.34. The van der Waals surface area contributed by atoms with E-state index in [1.54, 1.807) is 0 Å². The summed E-state index contributed by atoms with van der Waals surface area (Å²) in [5.41, 5.74) is 1.44. The van der Waals surface area contributed by atoms with E-state index in [0.717, 1.165) is 28.9 Å². The van der Waals surface area contributed by atoms with Crippen LogP contribution in [0, 0.1) is 23.2 Å². The van der Waals surface area contributed by atoms with Crippen molar-refractivity contribution in [3.05, 3.63) is 28.3 Å². The van der Waals surface area contributed by atoms with Crippen molar-refractivity contribution in [3.8, 4) is 0 Å². The molecule has 0 unspecified atom stereocenters. The first-order valence-corrected chi connectivity index (χ1v) is 11.1. The van der Waals surface area contributed by atoms with Crippen LogP contribution in [0.15, 0.2) is 11.9 Å². The van der Waals surface area contributed by atoms with Gasteiger partial charge in [-0.15, -0.1) is 0 Å². The minimum Gasteiger partial charge on any atom is -0.468 e. The summed E-state index contributed by atoms with van der Waals surface area (Å²) in [6.07, 6.45) is 9.15. The lowest BCUT2D eigenvalue weighted by molar-refractivity contribution is -0.168. The molecule has 4 saturated carbocycles. The number of hydrogen-bond acceptors (Lipinski definition) is 4. The third kappa shape index (κ3) is 2.52. The van der Waals surface area contributed by atoms with Crippen molar-refractivity contribution >= 4 is 20.1 Å². The van der Waals surface area contributed by atoms with Crippen LogP contribution in [0.2, 0.25) is 0 Å². The van der Waals surface area contributed by atoms with Crippen molar-refractivity contribution in [3.63, 3.8) is 0 Å². The van der Waals surface area contributed by atoms with Crippen LogP contribution < -0.4 is 0 Å². The minimum atomic E-state index is -1.20. The number of esters is 2. The standard InChI is InChI=1S/C22H27O4P/c1-25-19(23)22(20(24)26-2)10-16-6-18(27-12-17(16)11-22)21-7-13-3-14(8-21)5-15(4-13)9-21/h6,12-15H,3-5,7-11H2,1-2H3. The third-order valence-electron chi connectivity index (χ3n) is 7.80. The van der Waals surface area contributed by atoms with Crippen LogP contribution in [0.4, 0.5) is 0 Å². The van der Waals surface area contributed by atoms with Gasteiger partial charge in [-0.2, -0.15) is 0 Å². The van der Waals surface area contributed by atoms with Crippen LogP contribution in [-0.4, -0.2) is 26.2 Å². The quantitative estimate of drug-likeness (QED) is 0.578. The minimum absolute atomic E-state index is 0.368. The van der Waals surface area contributed by atoms with Crippen molar-refractivity contribution < 1.29 is 19.1 Å². The monoisotopic (exact) mass is 386 g/mol. The molecule has 0 saturated heterocycles. The fourth-order valence-electron chi connectivity index (χ4n) is 7.04. The van der Waals surface area contributed by atoms with Crippen LogP contribution in [0.3, 0.4) is 0 Å². The number of carbonyl (C=O) groups excluding carboxylic acids is 2. The van der Waals surface area contributed by atoms with Gasteiger partial charge >= 0.3 is 11.9 Å². The highest BCUT2D eigenvalue weighted by Gasteiger charge is 2.54. The molecular weight excluding hydrogens is 359 g/mol. The zero-order valence-electron chi connectivity index (χ0n) is 16.1. The summed E-state index contributed by atoms with van der Waals surface area (Å²) in [5, 5.41) is 1.53. The first-order chi connectivity index (χ1) is 13.0. The average Bonchev–Trinajstić information content (AvgIpc) is 3.05. The van der Waals surface area contributed by atoms with Gasteiger partial charge in [0.2, 0.25) is 0 Å². The van der Waals surface area contributed by atoms with Crippen molar-refractivity contribution in [1.82, 2.24) is 0 Å². The summed E-state index contributed by atoms with van der Waals surface area (Å²) >= 11 is 0. The molecule has 144 valence electrons. The number of rotatable bonds is 3. The van der Waals surface area contributed by atoms with Gasteiger partial charge in [-0.25, -0.2) is 0 Å². The highest BCUT2D eigenvalue weighted by atomic mass is 31.0. The zero-order chi connectivity index (χ0) is 18.8. The highest BCUT2D eigenvalue weighted by molar-refractivity contribution is 7.30. The lowest BCUT2D eigenvalue weighted by Crippen LogP contribution is -2.48. The molecule has 27 heavy (non-hydrogen) atoms. The molecule has 0 spiro atoms. The molecule has 0 aliphatic heterocycles. The smallest absolute Gasteiger partial charge is 0.323 e. The number of methoxy groups -OCH3 is 2. The number of ether oxygens (including phenoxy) is 2. The van der Waals surface area contributed by atoms with Crippen molar-refractivity contribution in [2.75, 3.05) is 14.2 Å². The second-order valence-corrected chi connectivity index (χ2v) is 10.5. The van der Waals surface area contributed by atoms with Crippen molar-refractivity contribution in [1.29, 1.82) is 0 Å². The van der Waals surface area contributed by atoms with Crippen LogP contribution >= 0.6 is 8.19 Å². The first-order valence-electron chi connectivity index (χ1n) is 10.1. The Morgan fingerprint density at radius 1 is 0.926 bits per heavy atom. The summed E-state index contributed by atoms with van der Waals surface area (Å²) in [4.78, 5) is 25.0. The van der Waals surface area contributed by atoms with E-state index < -0.39 is 17.4 Å².